The largest absolute Gasteiger partial charge is 0.140 e. The Kier molecular flexibility index (Phi) is 2.46. The molecule has 0 N–H and O–H groups in total. The van der Waals surface area contributed by atoms with E-state index in [2.05, 4.69) is 49.4 Å². The van der Waals surface area contributed by atoms with Gasteiger partial charge in [0, 0.05) is 9.58 Å². The van der Waals surface area contributed by atoms with Crippen LogP contribution < -0.4 is 0 Å². The normalized spacial score (nSPS) is 11.5. The highest BCUT2D eigenvalue weighted by molar-refractivity contribution is 7.19. The maximum absolute atomic E-state index is 2.28. The van der Waals surface area contributed by atoms with E-state index in [-0.39, 0.29) is 0 Å². The van der Waals surface area contributed by atoms with E-state index >= 15 is 0 Å². The van der Waals surface area contributed by atoms with Crippen molar-refractivity contribution in [2.45, 2.75) is 13.3 Å². The van der Waals surface area contributed by atoms with Crippen LogP contribution >= 0.6 is 11.3 Å². The molecule has 0 atom stereocenters. The Morgan fingerprint density at radius 3 is 2.92 bits per heavy atom. The van der Waals surface area contributed by atoms with Crippen molar-refractivity contribution in [3.63, 3.8) is 0 Å². The van der Waals surface area contributed by atoms with Gasteiger partial charge in [0.2, 0.25) is 0 Å². The van der Waals surface area contributed by atoms with E-state index in [1.807, 2.05) is 11.3 Å². The lowest BCUT2D eigenvalue weighted by Gasteiger charge is -1.84. The van der Waals surface area contributed by atoms with E-state index in [1.54, 1.807) is 0 Å². The summed E-state index contributed by atoms with van der Waals surface area (Å²) in [6.45, 7) is 2.06. The molecule has 2 rings (SSSR count). The summed E-state index contributed by atoms with van der Waals surface area (Å²) in [5, 5.41) is 1.37. The summed E-state index contributed by atoms with van der Waals surface area (Å²) in [5.74, 6) is 0. The van der Waals surface area contributed by atoms with Gasteiger partial charge in [0.15, 0.2) is 0 Å². The summed E-state index contributed by atoms with van der Waals surface area (Å²) in [4.78, 5) is 1.44. The third kappa shape index (κ3) is 1.81. The van der Waals surface area contributed by atoms with E-state index in [0.29, 0.717) is 0 Å². The summed E-state index contributed by atoms with van der Waals surface area (Å²) in [5.41, 5.74) is 0. The highest BCUT2D eigenvalue weighted by atomic mass is 32.1. The molecule has 0 radical (unpaired) electrons. The third-order valence-corrected chi connectivity index (χ3v) is 3.17. The lowest BCUT2D eigenvalue weighted by atomic mass is 10.2. The molecule has 13 heavy (non-hydrogen) atoms. The minimum Gasteiger partial charge on any atom is -0.140 e. The molecule has 0 bridgehead atoms. The van der Waals surface area contributed by atoms with E-state index in [4.69, 9.17) is 0 Å². The van der Waals surface area contributed by atoms with Crippen LogP contribution in [0.5, 0.6) is 0 Å². The van der Waals surface area contributed by atoms with Crippen LogP contribution in [-0.4, -0.2) is 0 Å². The molecule has 66 valence electrons. The molecule has 0 aliphatic carbocycles. The third-order valence-electron chi connectivity index (χ3n) is 2.03. The SMILES string of the molecule is C/C=C/Cc1cc2ccccc2s1. The van der Waals surface area contributed by atoms with Crippen molar-refractivity contribution in [2.75, 3.05) is 0 Å². The number of allylic oxidation sites excluding steroid dienone is 2. The van der Waals surface area contributed by atoms with Gasteiger partial charge in [0.1, 0.15) is 0 Å². The van der Waals surface area contributed by atoms with Crippen molar-refractivity contribution in [1.29, 1.82) is 0 Å². The Morgan fingerprint density at radius 2 is 2.15 bits per heavy atom. The van der Waals surface area contributed by atoms with Gasteiger partial charge in [0.05, 0.1) is 0 Å². The maximum atomic E-state index is 2.28. The molecule has 0 unspecified atom stereocenters. The zero-order chi connectivity index (χ0) is 9.10. The van der Waals surface area contributed by atoms with Crippen LogP contribution in [0.4, 0.5) is 0 Å². The molecule has 0 saturated heterocycles. The molecule has 0 saturated carbocycles. The van der Waals surface area contributed by atoms with Gasteiger partial charge in [-0.25, -0.2) is 0 Å². The first-order valence-corrected chi connectivity index (χ1v) is 5.30. The molecule has 0 spiro atoms. The van der Waals surface area contributed by atoms with Crippen LogP contribution in [-0.2, 0) is 6.42 Å². The van der Waals surface area contributed by atoms with Gasteiger partial charge in [-0.05, 0) is 30.9 Å². The van der Waals surface area contributed by atoms with Crippen LogP contribution in [0.2, 0.25) is 0 Å². The summed E-state index contributed by atoms with van der Waals surface area (Å²) >= 11 is 1.89. The summed E-state index contributed by atoms with van der Waals surface area (Å²) in [6, 6.07) is 10.8. The predicted octanol–water partition coefficient (Wildman–Crippen LogP) is 4.02. The fourth-order valence-electron chi connectivity index (χ4n) is 1.37. The van der Waals surface area contributed by atoms with Crippen LogP contribution in [0.3, 0.4) is 0 Å². The fourth-order valence-corrected chi connectivity index (χ4v) is 2.41. The molecule has 0 amide bonds. The van der Waals surface area contributed by atoms with E-state index in [9.17, 15) is 0 Å². The average molecular weight is 188 g/mol. The molecule has 1 aromatic carbocycles. The molecule has 1 heteroatoms. The van der Waals surface area contributed by atoms with Crippen LogP contribution in [0.1, 0.15) is 11.8 Å². The molecule has 0 nitrogen and oxygen atoms in total. The monoisotopic (exact) mass is 188 g/mol. The summed E-state index contributed by atoms with van der Waals surface area (Å²) in [6.07, 6.45) is 5.37. The fraction of sp³-hybridized carbons (Fsp3) is 0.167. The van der Waals surface area contributed by atoms with Crippen LogP contribution in [0.25, 0.3) is 10.1 Å². The second kappa shape index (κ2) is 3.75. The smallest absolute Gasteiger partial charge is 0.0345 e. The van der Waals surface area contributed by atoms with E-state index in [0.717, 1.165) is 6.42 Å². The number of rotatable bonds is 2. The van der Waals surface area contributed by atoms with Crippen molar-refractivity contribution >= 4 is 21.4 Å². The second-order valence-corrected chi connectivity index (χ2v) is 4.19. The minimum atomic E-state index is 1.07. The standard InChI is InChI=1S/C12H12S/c1-2-3-7-11-9-10-6-4-5-8-12(10)13-11/h2-6,8-9H,7H2,1H3/b3-2+. The van der Waals surface area contributed by atoms with Crippen molar-refractivity contribution in [3.05, 3.63) is 47.4 Å². The Morgan fingerprint density at radius 1 is 1.31 bits per heavy atom. The summed E-state index contributed by atoms with van der Waals surface area (Å²) in [7, 11) is 0. The van der Waals surface area contributed by atoms with Crippen molar-refractivity contribution in [2.24, 2.45) is 0 Å². The highest BCUT2D eigenvalue weighted by Crippen LogP contribution is 2.25. The Labute approximate surface area is 82.5 Å². The van der Waals surface area contributed by atoms with Gasteiger partial charge in [-0.3, -0.25) is 0 Å². The Balaban J connectivity index is 2.38. The number of benzene rings is 1. The van der Waals surface area contributed by atoms with Gasteiger partial charge in [-0.2, -0.15) is 0 Å². The van der Waals surface area contributed by atoms with Crippen molar-refractivity contribution in [3.8, 4) is 0 Å². The van der Waals surface area contributed by atoms with Crippen molar-refractivity contribution in [1.82, 2.24) is 0 Å². The highest BCUT2D eigenvalue weighted by Gasteiger charge is 1.97. The Bertz CT molecular complexity index is 390. The van der Waals surface area contributed by atoms with Gasteiger partial charge in [-0.1, -0.05) is 30.4 Å². The molecule has 2 aromatic rings. The molecule has 0 fully saturated rings. The average Bonchev–Trinajstić information content (AvgIpc) is 2.57. The van der Waals surface area contributed by atoms with E-state index < -0.39 is 0 Å². The number of thiophene rings is 1. The second-order valence-electron chi connectivity index (χ2n) is 3.02. The quantitative estimate of drug-likeness (QED) is 0.624. The van der Waals surface area contributed by atoms with E-state index in [1.165, 1.54) is 15.0 Å². The lowest BCUT2D eigenvalue weighted by molar-refractivity contribution is 1.34. The molecule has 0 aliphatic heterocycles. The maximum Gasteiger partial charge on any atom is 0.0345 e. The molecule has 0 aliphatic rings. The topological polar surface area (TPSA) is 0 Å². The van der Waals surface area contributed by atoms with Gasteiger partial charge in [0.25, 0.3) is 0 Å². The molecule has 1 aromatic heterocycles. The molecular formula is C12H12S. The first kappa shape index (κ1) is 8.52. The predicted molar refractivity (Wildman–Crippen MR) is 60.3 cm³/mol. The number of hydrogen-bond acceptors (Lipinski definition) is 1. The van der Waals surface area contributed by atoms with Crippen LogP contribution in [0.15, 0.2) is 42.5 Å². The minimum absolute atomic E-state index is 1.07. The summed E-state index contributed by atoms with van der Waals surface area (Å²) < 4.78 is 1.39. The van der Waals surface area contributed by atoms with Gasteiger partial charge >= 0.3 is 0 Å². The zero-order valence-electron chi connectivity index (χ0n) is 7.66. The van der Waals surface area contributed by atoms with Crippen LogP contribution in [0, 0.1) is 0 Å². The van der Waals surface area contributed by atoms with Gasteiger partial charge < -0.3 is 0 Å². The first-order chi connectivity index (χ1) is 6.40. The number of fused-ring (bicyclic) bond motifs is 1. The van der Waals surface area contributed by atoms with Gasteiger partial charge in [-0.15, -0.1) is 11.3 Å². The lowest BCUT2D eigenvalue weighted by Crippen LogP contribution is -1.68. The zero-order valence-corrected chi connectivity index (χ0v) is 8.47. The Hall–Kier alpha value is -1.08. The first-order valence-electron chi connectivity index (χ1n) is 4.49. The molecule has 1 heterocycles. The molecular weight excluding hydrogens is 176 g/mol. The number of hydrogen-bond donors (Lipinski definition) is 0. The van der Waals surface area contributed by atoms with Crippen molar-refractivity contribution < 1.29 is 0 Å².